The Labute approximate surface area is 68.2 Å². The Morgan fingerprint density at radius 3 is 2.82 bits per heavy atom. The standard InChI is InChI=1S/C9H17NO/c1-2-7-3-5-8(10)9(11)6-4-7/h7-8H,2-6,10H2,1H3/t7-,8?/m0/s1. The molecular weight excluding hydrogens is 138 g/mol. The normalized spacial score (nSPS) is 33.5. The highest BCUT2D eigenvalue weighted by Gasteiger charge is 2.20. The van der Waals surface area contributed by atoms with Crippen LogP contribution in [0.2, 0.25) is 0 Å². The molecule has 1 aliphatic carbocycles. The van der Waals surface area contributed by atoms with Crippen molar-refractivity contribution in [3.8, 4) is 0 Å². The van der Waals surface area contributed by atoms with E-state index in [0.717, 1.165) is 25.2 Å². The maximum absolute atomic E-state index is 11.2. The van der Waals surface area contributed by atoms with Gasteiger partial charge in [-0.15, -0.1) is 0 Å². The van der Waals surface area contributed by atoms with Crippen LogP contribution in [0.4, 0.5) is 0 Å². The molecule has 0 saturated heterocycles. The predicted molar refractivity (Wildman–Crippen MR) is 45.2 cm³/mol. The summed E-state index contributed by atoms with van der Waals surface area (Å²) in [6.07, 6.45) is 5.00. The Morgan fingerprint density at radius 2 is 2.18 bits per heavy atom. The summed E-state index contributed by atoms with van der Waals surface area (Å²) in [7, 11) is 0. The Morgan fingerprint density at radius 1 is 1.45 bits per heavy atom. The van der Waals surface area contributed by atoms with Crippen molar-refractivity contribution in [3.63, 3.8) is 0 Å². The lowest BCUT2D eigenvalue weighted by Gasteiger charge is -2.08. The summed E-state index contributed by atoms with van der Waals surface area (Å²) in [4.78, 5) is 11.2. The third-order valence-corrected chi connectivity index (χ3v) is 2.68. The summed E-state index contributed by atoms with van der Waals surface area (Å²) < 4.78 is 0. The maximum Gasteiger partial charge on any atom is 0.149 e. The third kappa shape index (κ3) is 2.29. The molecule has 2 N–H and O–H groups in total. The zero-order chi connectivity index (χ0) is 8.27. The molecule has 0 aromatic carbocycles. The average molecular weight is 155 g/mol. The van der Waals surface area contributed by atoms with E-state index in [2.05, 4.69) is 6.92 Å². The molecule has 0 aromatic rings. The van der Waals surface area contributed by atoms with Gasteiger partial charge in [-0.05, 0) is 25.2 Å². The van der Waals surface area contributed by atoms with Gasteiger partial charge in [0, 0.05) is 6.42 Å². The number of hydrogen-bond donors (Lipinski definition) is 1. The first-order valence-electron chi connectivity index (χ1n) is 4.52. The minimum absolute atomic E-state index is 0.161. The molecule has 2 nitrogen and oxygen atoms in total. The Bertz CT molecular complexity index is 144. The van der Waals surface area contributed by atoms with Gasteiger partial charge in [0.05, 0.1) is 6.04 Å². The number of carbonyl (C=O) groups is 1. The Kier molecular flexibility index (Phi) is 3.06. The average Bonchev–Trinajstić information content (AvgIpc) is 2.16. The second kappa shape index (κ2) is 3.86. The van der Waals surface area contributed by atoms with Crippen molar-refractivity contribution in [1.82, 2.24) is 0 Å². The predicted octanol–water partition coefficient (Wildman–Crippen LogP) is 1.48. The molecule has 1 rings (SSSR count). The quantitative estimate of drug-likeness (QED) is 0.583. The molecule has 0 bridgehead atoms. The van der Waals surface area contributed by atoms with Gasteiger partial charge in [-0.3, -0.25) is 4.79 Å². The zero-order valence-corrected chi connectivity index (χ0v) is 7.18. The Hall–Kier alpha value is -0.370. The Balaban J connectivity index is 2.44. The number of carbonyl (C=O) groups excluding carboxylic acids is 1. The van der Waals surface area contributed by atoms with E-state index in [1.165, 1.54) is 6.42 Å². The van der Waals surface area contributed by atoms with Crippen LogP contribution in [0.1, 0.15) is 39.0 Å². The van der Waals surface area contributed by atoms with Gasteiger partial charge in [0.1, 0.15) is 5.78 Å². The first-order valence-corrected chi connectivity index (χ1v) is 4.52. The van der Waals surface area contributed by atoms with Gasteiger partial charge in [-0.2, -0.15) is 0 Å². The molecular formula is C9H17NO. The van der Waals surface area contributed by atoms with Crippen LogP contribution in [-0.2, 0) is 4.79 Å². The molecule has 0 aliphatic heterocycles. The van der Waals surface area contributed by atoms with E-state index in [1.54, 1.807) is 0 Å². The lowest BCUT2D eigenvalue weighted by Crippen LogP contribution is -2.28. The van der Waals surface area contributed by atoms with E-state index in [1.807, 2.05) is 0 Å². The zero-order valence-electron chi connectivity index (χ0n) is 7.18. The van der Waals surface area contributed by atoms with Crippen LogP contribution in [-0.4, -0.2) is 11.8 Å². The largest absolute Gasteiger partial charge is 0.322 e. The molecule has 1 unspecified atom stereocenters. The molecule has 0 radical (unpaired) electrons. The summed E-state index contributed by atoms with van der Waals surface area (Å²) in [5, 5.41) is 0. The fraction of sp³-hybridized carbons (Fsp3) is 0.889. The lowest BCUT2D eigenvalue weighted by atomic mass is 9.98. The molecule has 0 aromatic heterocycles. The summed E-state index contributed by atoms with van der Waals surface area (Å²) in [6, 6.07) is -0.161. The molecule has 2 atom stereocenters. The number of rotatable bonds is 1. The second-order valence-electron chi connectivity index (χ2n) is 3.46. The van der Waals surface area contributed by atoms with E-state index in [9.17, 15) is 4.79 Å². The highest BCUT2D eigenvalue weighted by molar-refractivity contribution is 5.83. The van der Waals surface area contributed by atoms with Crippen molar-refractivity contribution >= 4 is 5.78 Å². The number of nitrogens with two attached hydrogens (primary N) is 1. The van der Waals surface area contributed by atoms with Gasteiger partial charge in [0.15, 0.2) is 0 Å². The highest BCUT2D eigenvalue weighted by atomic mass is 16.1. The van der Waals surface area contributed by atoms with Gasteiger partial charge in [-0.25, -0.2) is 0 Å². The molecule has 0 spiro atoms. The van der Waals surface area contributed by atoms with Gasteiger partial charge >= 0.3 is 0 Å². The van der Waals surface area contributed by atoms with Crippen LogP contribution in [0.3, 0.4) is 0 Å². The summed E-state index contributed by atoms with van der Waals surface area (Å²) in [5.41, 5.74) is 5.65. The number of Topliss-reactive ketones (excluding diaryl/α,β-unsaturated/α-hetero) is 1. The van der Waals surface area contributed by atoms with Crippen molar-refractivity contribution in [2.45, 2.75) is 45.1 Å². The van der Waals surface area contributed by atoms with Crippen LogP contribution in [0.5, 0.6) is 0 Å². The highest BCUT2D eigenvalue weighted by Crippen LogP contribution is 2.22. The molecule has 0 amide bonds. The lowest BCUT2D eigenvalue weighted by molar-refractivity contribution is -0.120. The molecule has 64 valence electrons. The minimum Gasteiger partial charge on any atom is -0.322 e. The van der Waals surface area contributed by atoms with Crippen LogP contribution in [0.15, 0.2) is 0 Å². The number of ketones is 1. The molecule has 1 aliphatic rings. The smallest absolute Gasteiger partial charge is 0.149 e. The topological polar surface area (TPSA) is 43.1 Å². The van der Waals surface area contributed by atoms with E-state index < -0.39 is 0 Å². The molecule has 11 heavy (non-hydrogen) atoms. The molecule has 0 heterocycles. The van der Waals surface area contributed by atoms with Crippen molar-refractivity contribution in [1.29, 1.82) is 0 Å². The van der Waals surface area contributed by atoms with E-state index in [4.69, 9.17) is 5.73 Å². The van der Waals surface area contributed by atoms with Crippen molar-refractivity contribution in [2.24, 2.45) is 11.7 Å². The van der Waals surface area contributed by atoms with Crippen molar-refractivity contribution in [2.75, 3.05) is 0 Å². The number of hydrogen-bond acceptors (Lipinski definition) is 2. The maximum atomic E-state index is 11.2. The molecule has 2 heteroatoms. The van der Waals surface area contributed by atoms with Crippen molar-refractivity contribution in [3.05, 3.63) is 0 Å². The van der Waals surface area contributed by atoms with Crippen LogP contribution >= 0.6 is 0 Å². The first kappa shape index (κ1) is 8.72. The summed E-state index contributed by atoms with van der Waals surface area (Å²) >= 11 is 0. The van der Waals surface area contributed by atoms with E-state index >= 15 is 0 Å². The summed E-state index contributed by atoms with van der Waals surface area (Å²) in [5.74, 6) is 1.01. The molecule has 1 fully saturated rings. The second-order valence-corrected chi connectivity index (χ2v) is 3.46. The van der Waals surface area contributed by atoms with Crippen LogP contribution < -0.4 is 5.73 Å². The van der Waals surface area contributed by atoms with Crippen LogP contribution in [0.25, 0.3) is 0 Å². The van der Waals surface area contributed by atoms with E-state index in [-0.39, 0.29) is 11.8 Å². The van der Waals surface area contributed by atoms with Gasteiger partial charge in [0.2, 0.25) is 0 Å². The van der Waals surface area contributed by atoms with Gasteiger partial charge < -0.3 is 5.73 Å². The fourth-order valence-electron chi connectivity index (χ4n) is 1.66. The van der Waals surface area contributed by atoms with Gasteiger partial charge in [0.25, 0.3) is 0 Å². The minimum atomic E-state index is -0.161. The van der Waals surface area contributed by atoms with Crippen molar-refractivity contribution < 1.29 is 4.79 Å². The third-order valence-electron chi connectivity index (χ3n) is 2.68. The van der Waals surface area contributed by atoms with Gasteiger partial charge in [-0.1, -0.05) is 13.3 Å². The first-order chi connectivity index (χ1) is 5.24. The SMILES string of the molecule is CC[C@@H]1CCC(=O)C(N)CC1. The van der Waals surface area contributed by atoms with Crippen LogP contribution in [0, 0.1) is 5.92 Å². The van der Waals surface area contributed by atoms with E-state index in [0.29, 0.717) is 6.42 Å². The fourth-order valence-corrected chi connectivity index (χ4v) is 1.66. The monoisotopic (exact) mass is 155 g/mol. The summed E-state index contributed by atoms with van der Waals surface area (Å²) in [6.45, 7) is 2.19. The molecule has 1 saturated carbocycles.